The first-order valence-electron chi connectivity index (χ1n) is 15.1. The molecular formula is C33H43ClN2O5S. The fraction of sp³-hybridized carbons (Fsp3) is 0.545. The molecule has 2 N–H and O–H groups in total. The van der Waals surface area contributed by atoms with Crippen LogP contribution in [0, 0.1) is 16.7 Å². The van der Waals surface area contributed by atoms with Crippen molar-refractivity contribution in [2.75, 3.05) is 31.2 Å². The Labute approximate surface area is 255 Å². The number of fused-ring (bicyclic) bond motifs is 2. The maximum atomic E-state index is 13.3. The summed E-state index contributed by atoms with van der Waals surface area (Å²) in [7, 11) is -3.87. The summed E-state index contributed by atoms with van der Waals surface area (Å²) in [6.07, 6.45) is 14.0. The first kappa shape index (κ1) is 30.9. The monoisotopic (exact) mass is 614 g/mol. The lowest BCUT2D eigenvalue weighted by molar-refractivity contribution is 0.0210. The lowest BCUT2D eigenvalue weighted by Crippen LogP contribution is -2.51. The van der Waals surface area contributed by atoms with E-state index in [1.807, 2.05) is 32.1 Å². The van der Waals surface area contributed by atoms with Crippen LogP contribution in [-0.2, 0) is 10.0 Å². The van der Waals surface area contributed by atoms with Crippen LogP contribution >= 0.6 is 11.6 Å². The zero-order valence-corrected chi connectivity index (χ0v) is 26.3. The molecule has 2 aliphatic heterocycles. The zero-order valence-electron chi connectivity index (χ0n) is 24.7. The largest absolute Gasteiger partial charge is 0.490 e. The van der Waals surface area contributed by atoms with E-state index in [-0.39, 0.29) is 28.9 Å². The molecule has 9 heteroatoms. The van der Waals surface area contributed by atoms with E-state index in [4.69, 9.17) is 16.3 Å². The van der Waals surface area contributed by atoms with Crippen LogP contribution in [0.1, 0.15) is 75.6 Å². The molecular weight excluding hydrogens is 572 g/mol. The van der Waals surface area contributed by atoms with Crippen LogP contribution in [0.25, 0.3) is 0 Å². The van der Waals surface area contributed by atoms with Gasteiger partial charge in [0.2, 0.25) is 10.0 Å². The molecule has 2 fully saturated rings. The molecule has 2 saturated carbocycles. The van der Waals surface area contributed by atoms with Crippen molar-refractivity contribution in [3.05, 3.63) is 70.8 Å². The average molecular weight is 615 g/mol. The highest BCUT2D eigenvalue weighted by Crippen LogP contribution is 2.52. The highest BCUT2D eigenvalue weighted by atomic mass is 35.5. The molecule has 7 nitrogen and oxygen atoms in total. The van der Waals surface area contributed by atoms with E-state index in [0.717, 1.165) is 48.9 Å². The molecule has 1 aromatic rings. The van der Waals surface area contributed by atoms with Crippen LogP contribution in [0.4, 0.5) is 5.69 Å². The van der Waals surface area contributed by atoms with Gasteiger partial charge in [-0.15, -0.1) is 0 Å². The van der Waals surface area contributed by atoms with Crippen molar-refractivity contribution in [3.8, 4) is 5.75 Å². The summed E-state index contributed by atoms with van der Waals surface area (Å²) < 4.78 is 35.2. The fourth-order valence-corrected chi connectivity index (χ4v) is 8.65. The Morgan fingerprint density at radius 1 is 1.31 bits per heavy atom. The van der Waals surface area contributed by atoms with E-state index in [0.29, 0.717) is 49.7 Å². The molecule has 0 saturated heterocycles. The van der Waals surface area contributed by atoms with Gasteiger partial charge < -0.3 is 14.7 Å². The van der Waals surface area contributed by atoms with E-state index < -0.39 is 21.2 Å². The molecule has 1 spiro atoms. The number of carbonyl (C=O) groups excluding carboxylic acids is 1. The Hall–Kier alpha value is -2.55. The van der Waals surface area contributed by atoms with Crippen molar-refractivity contribution in [1.82, 2.24) is 4.72 Å². The van der Waals surface area contributed by atoms with Crippen LogP contribution in [0.5, 0.6) is 5.75 Å². The minimum atomic E-state index is -3.87. The van der Waals surface area contributed by atoms with E-state index in [1.54, 1.807) is 18.2 Å². The Balaban J connectivity index is 1.59. The van der Waals surface area contributed by atoms with Gasteiger partial charge in [-0.2, -0.15) is 0 Å². The van der Waals surface area contributed by atoms with Crippen molar-refractivity contribution < 1.29 is 23.1 Å². The molecule has 1 aromatic carbocycles. The third kappa shape index (κ3) is 5.82. The zero-order chi connectivity index (χ0) is 30.1. The number of ether oxygens (including phenoxy) is 1. The van der Waals surface area contributed by atoms with Gasteiger partial charge in [-0.25, -0.2) is 13.1 Å². The number of aliphatic hydroxyl groups excluding tert-OH is 1. The second-order valence-electron chi connectivity index (χ2n) is 12.4. The van der Waals surface area contributed by atoms with Gasteiger partial charge in [0.25, 0.3) is 5.91 Å². The number of aliphatic hydroxyl groups is 1. The Morgan fingerprint density at radius 2 is 2.12 bits per heavy atom. The average Bonchev–Trinajstić information content (AvgIpc) is 3.11. The standard InChI is InChI=1S/C33H43ClN2O5S/c1-4-27(34)17-24-9-8-15-33(23(24)3)20-36-19-26-13-16-32(26,21-37)14-7-6-10-28(5-2)42(39,40)35-31(38)25-11-12-30(41-22-33)29(36)18-25/h4,7,11-12,14,17-18,26,28,37H,3,5-6,8-10,13,15-16,19-22H2,1-2H3,(H,35,38)/b14-7-,24-17-,27-4+/t26-,28+,32?,33-/m0/s1. The number of amides is 1. The van der Waals surface area contributed by atoms with Gasteiger partial charge in [0.1, 0.15) is 5.75 Å². The summed E-state index contributed by atoms with van der Waals surface area (Å²) in [6.45, 7) is 10.1. The van der Waals surface area contributed by atoms with E-state index >= 15 is 0 Å². The molecule has 2 bridgehead atoms. The number of hydrogen-bond donors (Lipinski definition) is 2. The quantitative estimate of drug-likeness (QED) is 0.390. The highest BCUT2D eigenvalue weighted by Gasteiger charge is 2.48. The first-order chi connectivity index (χ1) is 20.1. The summed E-state index contributed by atoms with van der Waals surface area (Å²) in [5.74, 6) is 0.212. The van der Waals surface area contributed by atoms with Gasteiger partial charge in [-0.05, 0) is 99.6 Å². The molecule has 4 atom stereocenters. The number of rotatable bonds is 3. The molecule has 1 unspecified atom stereocenters. The van der Waals surface area contributed by atoms with E-state index in [9.17, 15) is 18.3 Å². The van der Waals surface area contributed by atoms with Crippen molar-refractivity contribution in [2.45, 2.75) is 70.5 Å². The maximum Gasteiger partial charge on any atom is 0.264 e. The van der Waals surface area contributed by atoms with Crippen LogP contribution in [-0.4, -0.2) is 51.0 Å². The molecule has 0 radical (unpaired) electrons. The SMILES string of the molecule is C=C1/C(=C\C(Cl)=C/C)CCC[C@]12COc1ccc3cc1N(C[C@@H]1CCC1(CO)/C=C\CC[C@@H](CC)S(=O)(=O)NC3=O)C2. The summed E-state index contributed by atoms with van der Waals surface area (Å²) in [5, 5.41) is 10.6. The topological polar surface area (TPSA) is 95.9 Å². The Bertz CT molecular complexity index is 1430. The first-order valence-corrected chi connectivity index (χ1v) is 17.1. The van der Waals surface area contributed by atoms with Crippen LogP contribution in [0.3, 0.4) is 0 Å². The van der Waals surface area contributed by atoms with Crippen LogP contribution in [0.2, 0.25) is 0 Å². The summed E-state index contributed by atoms with van der Waals surface area (Å²) in [6, 6.07) is 5.17. The van der Waals surface area contributed by atoms with Crippen LogP contribution < -0.4 is 14.4 Å². The minimum absolute atomic E-state index is 0.0353. The molecule has 4 aliphatic rings. The summed E-state index contributed by atoms with van der Waals surface area (Å²) in [4.78, 5) is 15.6. The number of sulfonamides is 1. The lowest BCUT2D eigenvalue weighted by atomic mass is 9.59. The van der Waals surface area contributed by atoms with Gasteiger partial charge in [0.15, 0.2) is 0 Å². The third-order valence-corrected chi connectivity index (χ3v) is 12.3. The molecule has 228 valence electrons. The number of nitrogens with one attached hydrogen (secondary N) is 1. The summed E-state index contributed by atoms with van der Waals surface area (Å²) >= 11 is 6.42. The molecule has 1 amide bonds. The number of hydrogen-bond acceptors (Lipinski definition) is 6. The number of allylic oxidation sites excluding steroid dienone is 5. The van der Waals surface area contributed by atoms with Crippen molar-refractivity contribution in [2.24, 2.45) is 16.7 Å². The van der Waals surface area contributed by atoms with Crippen molar-refractivity contribution in [1.29, 1.82) is 0 Å². The Kier molecular flexibility index (Phi) is 8.98. The third-order valence-electron chi connectivity index (χ3n) is 10.0. The molecule has 5 rings (SSSR count). The predicted molar refractivity (Wildman–Crippen MR) is 168 cm³/mol. The predicted octanol–water partition coefficient (Wildman–Crippen LogP) is 6.26. The molecule has 2 aliphatic carbocycles. The molecule has 2 heterocycles. The van der Waals surface area contributed by atoms with Gasteiger partial charge in [0, 0.05) is 34.5 Å². The van der Waals surface area contributed by atoms with Crippen molar-refractivity contribution >= 4 is 33.2 Å². The number of halogens is 1. The fourth-order valence-electron chi connectivity index (χ4n) is 7.09. The minimum Gasteiger partial charge on any atom is -0.490 e. The molecule has 0 aromatic heterocycles. The maximum absolute atomic E-state index is 13.3. The number of benzene rings is 1. The lowest BCUT2D eigenvalue weighted by Gasteiger charge is -2.50. The van der Waals surface area contributed by atoms with Gasteiger partial charge in [0.05, 0.1) is 24.2 Å². The number of nitrogens with zero attached hydrogens (tertiary/aromatic N) is 1. The summed E-state index contributed by atoms with van der Waals surface area (Å²) in [5.41, 5.74) is 2.46. The van der Waals surface area contributed by atoms with Crippen LogP contribution in [0.15, 0.2) is 65.3 Å². The smallest absolute Gasteiger partial charge is 0.264 e. The van der Waals surface area contributed by atoms with Gasteiger partial charge >= 0.3 is 0 Å². The second-order valence-corrected chi connectivity index (χ2v) is 14.8. The van der Waals surface area contributed by atoms with Crippen molar-refractivity contribution in [3.63, 3.8) is 0 Å². The van der Waals surface area contributed by atoms with E-state index in [1.165, 1.54) is 0 Å². The highest BCUT2D eigenvalue weighted by molar-refractivity contribution is 7.90. The van der Waals surface area contributed by atoms with Gasteiger partial charge in [-0.1, -0.05) is 43.3 Å². The van der Waals surface area contributed by atoms with E-state index in [2.05, 4.69) is 22.3 Å². The number of carbonyl (C=O) groups is 1. The van der Waals surface area contributed by atoms with Gasteiger partial charge in [-0.3, -0.25) is 4.79 Å². The Morgan fingerprint density at radius 3 is 2.81 bits per heavy atom. The molecule has 42 heavy (non-hydrogen) atoms. The normalized spacial score (nSPS) is 33.4. The number of anilines is 1. The second kappa shape index (κ2) is 12.2.